The second kappa shape index (κ2) is 7.75. The summed E-state index contributed by atoms with van der Waals surface area (Å²) in [5.41, 5.74) is 0.331. The molecule has 2 aromatic carbocycles. The summed E-state index contributed by atoms with van der Waals surface area (Å²) in [7, 11) is -6.35. The van der Waals surface area contributed by atoms with Crippen LogP contribution in [0.15, 0.2) is 34.1 Å². The second-order valence-electron chi connectivity index (χ2n) is 4.92. The van der Waals surface area contributed by atoms with Crippen molar-refractivity contribution in [2.45, 2.75) is 9.79 Å². The Bertz CT molecular complexity index is 991. The first-order valence-electron chi connectivity index (χ1n) is 6.60. The summed E-state index contributed by atoms with van der Waals surface area (Å²) in [4.78, 5) is -0.745. The van der Waals surface area contributed by atoms with Crippen LogP contribution in [0.2, 0.25) is 0 Å². The molecule has 0 heterocycles. The maximum absolute atomic E-state index is 11.6. The van der Waals surface area contributed by atoms with E-state index in [1.54, 1.807) is 45.2 Å². The quantitative estimate of drug-likeness (QED) is 0.383. The number of rotatable bonds is 5. The molecular weight excluding hydrogens is 614 g/mol. The van der Waals surface area contributed by atoms with Crippen molar-refractivity contribution in [2.75, 3.05) is 14.2 Å². The van der Waals surface area contributed by atoms with Crippen molar-refractivity contribution in [3.8, 4) is 22.6 Å². The van der Waals surface area contributed by atoms with E-state index in [0.717, 1.165) is 12.1 Å². The first kappa shape index (κ1) is 21.6. The Morgan fingerprint density at radius 2 is 1.04 bits per heavy atom. The van der Waals surface area contributed by atoms with E-state index in [1.165, 1.54) is 26.4 Å². The van der Waals surface area contributed by atoms with Gasteiger partial charge in [-0.25, -0.2) is 0 Å². The van der Waals surface area contributed by atoms with Gasteiger partial charge in [-0.2, -0.15) is 16.8 Å². The third-order valence-electron chi connectivity index (χ3n) is 3.35. The zero-order valence-electron chi connectivity index (χ0n) is 13.2. The molecule has 0 radical (unpaired) electrons. The average molecular weight is 626 g/mol. The smallest absolute Gasteiger partial charge is 0.295 e. The molecule has 0 aromatic heterocycles. The van der Waals surface area contributed by atoms with E-state index >= 15 is 0 Å². The molecule has 0 aliphatic heterocycles. The lowest BCUT2D eigenvalue weighted by molar-refractivity contribution is 0.409. The molecule has 0 spiro atoms. The maximum atomic E-state index is 11.6. The van der Waals surface area contributed by atoms with Gasteiger partial charge in [0.15, 0.2) is 0 Å². The summed E-state index contributed by atoms with van der Waals surface area (Å²) in [6, 6.07) is 5.05. The Kier molecular flexibility index (Phi) is 6.44. The monoisotopic (exact) mass is 626 g/mol. The Morgan fingerprint density at radius 1 is 0.731 bits per heavy atom. The lowest BCUT2D eigenvalue weighted by Gasteiger charge is -2.16. The van der Waals surface area contributed by atoms with E-state index in [-0.39, 0.29) is 39.6 Å². The van der Waals surface area contributed by atoms with Gasteiger partial charge >= 0.3 is 0 Å². The number of halogens is 2. The number of ether oxygens (including phenoxy) is 2. The Labute approximate surface area is 177 Å². The fraction of sp³-hybridized carbons (Fsp3) is 0.143. The molecule has 0 atom stereocenters. The second-order valence-corrected chi connectivity index (χ2v) is 10.0. The molecule has 0 amide bonds. The number of benzene rings is 2. The van der Waals surface area contributed by atoms with Gasteiger partial charge in [0.05, 0.1) is 14.2 Å². The topological polar surface area (TPSA) is 127 Å². The molecule has 0 aliphatic rings. The molecule has 2 N–H and O–H groups in total. The number of hydrogen-bond acceptors (Lipinski definition) is 6. The lowest BCUT2D eigenvalue weighted by Crippen LogP contribution is -2.05. The fourth-order valence-corrected chi connectivity index (χ4v) is 5.92. The summed E-state index contributed by atoms with van der Waals surface area (Å²) in [5.74, 6) is 0.449. The molecule has 2 aromatic rings. The zero-order chi connectivity index (χ0) is 19.9. The molecule has 8 nitrogen and oxygen atoms in total. The third-order valence-corrected chi connectivity index (χ3v) is 7.66. The molecule has 0 unspecified atom stereocenters. The van der Waals surface area contributed by atoms with Crippen molar-refractivity contribution < 1.29 is 35.4 Å². The molecular formula is C14H12I2O8S2. The normalized spacial score (nSPS) is 12.1. The minimum absolute atomic E-state index is 0.165. The molecule has 0 saturated heterocycles. The van der Waals surface area contributed by atoms with Gasteiger partial charge in [-0.3, -0.25) is 9.11 Å². The number of hydrogen-bond donors (Lipinski definition) is 2. The highest BCUT2D eigenvalue weighted by Crippen LogP contribution is 2.41. The van der Waals surface area contributed by atoms with E-state index in [0.29, 0.717) is 0 Å². The van der Waals surface area contributed by atoms with Crippen LogP contribution in [0, 0.1) is 7.14 Å². The van der Waals surface area contributed by atoms with Crippen molar-refractivity contribution in [1.29, 1.82) is 0 Å². The molecule has 0 bridgehead atoms. The molecule has 0 fully saturated rings. The molecule has 0 saturated carbocycles. The largest absolute Gasteiger partial charge is 0.496 e. The Balaban J connectivity index is 2.95. The van der Waals surface area contributed by atoms with Crippen LogP contribution in [0.1, 0.15) is 0 Å². The molecule has 2 rings (SSSR count). The first-order valence-corrected chi connectivity index (χ1v) is 11.6. The summed E-state index contributed by atoms with van der Waals surface area (Å²) in [6.45, 7) is 0. The summed E-state index contributed by atoms with van der Waals surface area (Å²) >= 11 is 3.45. The van der Waals surface area contributed by atoms with Crippen LogP contribution in [-0.2, 0) is 20.2 Å². The highest BCUT2D eigenvalue weighted by molar-refractivity contribution is 14.1. The highest BCUT2D eigenvalue weighted by atomic mass is 127. The van der Waals surface area contributed by atoms with Gasteiger partial charge in [-0.1, -0.05) is 0 Å². The third kappa shape index (κ3) is 4.41. The molecule has 0 aliphatic carbocycles. The van der Waals surface area contributed by atoms with Crippen molar-refractivity contribution in [3.63, 3.8) is 0 Å². The first-order chi connectivity index (χ1) is 11.9. The van der Waals surface area contributed by atoms with Gasteiger partial charge in [0.1, 0.15) is 21.3 Å². The van der Waals surface area contributed by atoms with E-state index in [2.05, 4.69) is 0 Å². The fourth-order valence-electron chi connectivity index (χ4n) is 2.22. The summed E-state index contributed by atoms with van der Waals surface area (Å²) in [6.07, 6.45) is 0. The van der Waals surface area contributed by atoms with Crippen molar-refractivity contribution in [2.24, 2.45) is 0 Å². The van der Waals surface area contributed by atoms with Crippen LogP contribution in [-0.4, -0.2) is 40.2 Å². The van der Waals surface area contributed by atoms with Crippen molar-refractivity contribution in [1.82, 2.24) is 0 Å². The van der Waals surface area contributed by atoms with Gasteiger partial charge in [-0.05, 0) is 69.4 Å². The van der Waals surface area contributed by atoms with E-state index < -0.39 is 20.2 Å². The van der Waals surface area contributed by atoms with Crippen LogP contribution in [0.5, 0.6) is 11.5 Å². The van der Waals surface area contributed by atoms with Crippen LogP contribution in [0.3, 0.4) is 0 Å². The van der Waals surface area contributed by atoms with E-state index in [9.17, 15) is 25.9 Å². The van der Waals surface area contributed by atoms with Crippen LogP contribution >= 0.6 is 45.2 Å². The maximum Gasteiger partial charge on any atom is 0.295 e. The highest BCUT2D eigenvalue weighted by Gasteiger charge is 2.24. The Morgan fingerprint density at radius 3 is 1.27 bits per heavy atom. The van der Waals surface area contributed by atoms with Crippen molar-refractivity contribution in [3.05, 3.63) is 31.4 Å². The van der Waals surface area contributed by atoms with Gasteiger partial charge in [0, 0.05) is 18.3 Å². The molecule has 12 heteroatoms. The van der Waals surface area contributed by atoms with Gasteiger partial charge < -0.3 is 9.47 Å². The van der Waals surface area contributed by atoms with Gasteiger partial charge in [-0.15, -0.1) is 0 Å². The minimum Gasteiger partial charge on any atom is -0.496 e. The minimum atomic E-state index is -4.53. The predicted octanol–water partition coefficient (Wildman–Crippen LogP) is 3.07. The van der Waals surface area contributed by atoms with E-state index in [1.807, 2.05) is 0 Å². The van der Waals surface area contributed by atoms with Crippen LogP contribution in [0.25, 0.3) is 11.1 Å². The summed E-state index contributed by atoms with van der Waals surface area (Å²) < 4.78 is 76.2. The SMILES string of the molecule is COc1cc(I)c(S(=O)(=O)O)cc1-c1cc(S(=O)(=O)O)c(I)cc1OC. The lowest BCUT2D eigenvalue weighted by atomic mass is 10.0. The zero-order valence-corrected chi connectivity index (χ0v) is 19.2. The Hall–Kier alpha value is -0.680. The number of methoxy groups -OCH3 is 2. The predicted molar refractivity (Wildman–Crippen MR) is 110 cm³/mol. The van der Waals surface area contributed by atoms with Gasteiger partial charge in [0.25, 0.3) is 20.2 Å². The molecule has 142 valence electrons. The van der Waals surface area contributed by atoms with Crippen LogP contribution < -0.4 is 9.47 Å². The molecule has 26 heavy (non-hydrogen) atoms. The van der Waals surface area contributed by atoms with Gasteiger partial charge in [0.2, 0.25) is 0 Å². The average Bonchev–Trinajstić information content (AvgIpc) is 2.52. The van der Waals surface area contributed by atoms with E-state index in [4.69, 9.17) is 9.47 Å². The standard InChI is InChI=1S/C14H12I2O8S2/c1-23-11-5-9(15)13(25(17,18)19)3-7(11)8-4-14(26(20,21)22)10(16)6-12(8)24-2/h3-6H,1-2H3,(H,17,18,19)(H,20,21,22). The summed E-state index contributed by atoms with van der Waals surface area (Å²) in [5, 5.41) is 0. The van der Waals surface area contributed by atoms with Crippen LogP contribution in [0.4, 0.5) is 0 Å². The van der Waals surface area contributed by atoms with Crippen molar-refractivity contribution >= 4 is 65.4 Å².